The topological polar surface area (TPSA) is 59.8 Å². The predicted octanol–water partition coefficient (Wildman–Crippen LogP) is 6.01. The second kappa shape index (κ2) is 11.1. The Morgan fingerprint density at radius 2 is 1.89 bits per heavy atom. The maximum Gasteiger partial charge on any atom is 0.227 e. The molecule has 0 spiro atoms. The first-order valence-electron chi connectivity index (χ1n) is 12.3. The SMILES string of the molecule is Cc1nn(-c2cccc(Cl)c2)c(Oc2ccccc2)c1CN(CC(O)COC(C)(C)C)CC1CC1. The van der Waals surface area contributed by atoms with E-state index >= 15 is 0 Å². The van der Waals surface area contributed by atoms with E-state index in [0.29, 0.717) is 36.5 Å². The highest BCUT2D eigenvalue weighted by Crippen LogP contribution is 2.34. The summed E-state index contributed by atoms with van der Waals surface area (Å²) >= 11 is 6.29. The fraction of sp³-hybridized carbons (Fsp3) is 0.464. The minimum absolute atomic E-state index is 0.284. The Morgan fingerprint density at radius 3 is 2.54 bits per heavy atom. The fourth-order valence-corrected chi connectivity index (χ4v) is 4.18. The van der Waals surface area contributed by atoms with Gasteiger partial charge < -0.3 is 14.6 Å². The largest absolute Gasteiger partial charge is 0.439 e. The average molecular weight is 498 g/mol. The van der Waals surface area contributed by atoms with Gasteiger partial charge in [-0.2, -0.15) is 5.10 Å². The van der Waals surface area contributed by atoms with Crippen LogP contribution in [-0.2, 0) is 11.3 Å². The van der Waals surface area contributed by atoms with Gasteiger partial charge >= 0.3 is 0 Å². The first-order chi connectivity index (χ1) is 16.7. The Kier molecular flexibility index (Phi) is 8.17. The normalized spacial score (nSPS) is 14.9. The summed E-state index contributed by atoms with van der Waals surface area (Å²) < 4.78 is 14.1. The average Bonchev–Trinajstić information content (AvgIpc) is 3.57. The van der Waals surface area contributed by atoms with Crippen molar-refractivity contribution in [2.24, 2.45) is 5.92 Å². The first kappa shape index (κ1) is 25.7. The van der Waals surface area contributed by atoms with Gasteiger partial charge in [0, 0.05) is 24.7 Å². The molecule has 3 aromatic rings. The number of aromatic nitrogens is 2. The van der Waals surface area contributed by atoms with Crippen molar-refractivity contribution in [2.45, 2.75) is 58.8 Å². The number of halogens is 1. The third kappa shape index (κ3) is 7.55. The number of ether oxygens (including phenoxy) is 2. The molecule has 0 saturated heterocycles. The van der Waals surface area contributed by atoms with E-state index in [0.717, 1.165) is 29.2 Å². The van der Waals surface area contributed by atoms with E-state index < -0.39 is 6.10 Å². The number of hydrogen-bond donors (Lipinski definition) is 1. The van der Waals surface area contributed by atoms with Gasteiger partial charge in [-0.15, -0.1) is 0 Å². The van der Waals surface area contributed by atoms with Crippen molar-refractivity contribution >= 4 is 11.6 Å². The lowest BCUT2D eigenvalue weighted by Crippen LogP contribution is -2.37. The first-order valence-corrected chi connectivity index (χ1v) is 12.7. The lowest BCUT2D eigenvalue weighted by Gasteiger charge is -2.27. The molecule has 35 heavy (non-hydrogen) atoms. The summed E-state index contributed by atoms with van der Waals surface area (Å²) in [5.74, 6) is 2.08. The molecule has 1 unspecified atom stereocenters. The standard InChI is InChI=1S/C28H36ClN3O3/c1-20-26(18-31(16-21-13-14-21)17-24(33)19-34-28(2,3)4)27(35-25-11-6-5-7-12-25)32(30-20)23-10-8-9-22(29)15-23/h5-12,15,21,24,33H,13-14,16-19H2,1-4H3. The molecule has 1 aromatic heterocycles. The molecule has 1 N–H and O–H groups in total. The van der Waals surface area contributed by atoms with Crippen molar-refractivity contribution < 1.29 is 14.6 Å². The number of nitrogens with zero attached hydrogens (tertiary/aromatic N) is 3. The van der Waals surface area contributed by atoms with E-state index in [1.165, 1.54) is 12.8 Å². The molecule has 0 amide bonds. The van der Waals surface area contributed by atoms with Gasteiger partial charge in [0.25, 0.3) is 0 Å². The van der Waals surface area contributed by atoms with E-state index in [2.05, 4.69) is 4.90 Å². The number of rotatable bonds is 11. The van der Waals surface area contributed by atoms with Crippen LogP contribution < -0.4 is 4.74 Å². The van der Waals surface area contributed by atoms with Crippen molar-refractivity contribution in [3.05, 3.63) is 70.9 Å². The quantitative estimate of drug-likeness (QED) is 0.351. The van der Waals surface area contributed by atoms with E-state index in [1.54, 1.807) is 0 Å². The summed E-state index contributed by atoms with van der Waals surface area (Å²) in [6.07, 6.45) is 1.90. The molecule has 1 heterocycles. The second-order valence-electron chi connectivity index (χ2n) is 10.4. The van der Waals surface area contributed by atoms with Gasteiger partial charge in [0.15, 0.2) is 0 Å². The van der Waals surface area contributed by atoms with Crippen LogP contribution >= 0.6 is 11.6 Å². The zero-order chi connectivity index (χ0) is 25.0. The van der Waals surface area contributed by atoms with Gasteiger partial charge in [-0.05, 0) is 76.8 Å². The van der Waals surface area contributed by atoms with Gasteiger partial charge in [-0.1, -0.05) is 35.9 Å². The van der Waals surface area contributed by atoms with Crippen molar-refractivity contribution in [3.63, 3.8) is 0 Å². The van der Waals surface area contributed by atoms with E-state index in [4.69, 9.17) is 26.2 Å². The van der Waals surface area contributed by atoms with Crippen LogP contribution in [0.4, 0.5) is 0 Å². The Hall–Kier alpha value is -2.38. The molecule has 4 rings (SSSR count). The van der Waals surface area contributed by atoms with Crippen LogP contribution in [0.1, 0.15) is 44.9 Å². The molecule has 1 saturated carbocycles. The summed E-state index contributed by atoms with van der Waals surface area (Å²) in [4.78, 5) is 2.30. The Labute approximate surface area is 213 Å². The summed E-state index contributed by atoms with van der Waals surface area (Å²) in [5.41, 5.74) is 2.44. The number of para-hydroxylation sites is 1. The third-order valence-electron chi connectivity index (χ3n) is 5.92. The lowest BCUT2D eigenvalue weighted by atomic mass is 10.2. The van der Waals surface area contributed by atoms with Gasteiger partial charge in [-0.3, -0.25) is 4.90 Å². The van der Waals surface area contributed by atoms with Crippen molar-refractivity contribution in [3.8, 4) is 17.3 Å². The van der Waals surface area contributed by atoms with Crippen molar-refractivity contribution in [1.82, 2.24) is 14.7 Å². The van der Waals surface area contributed by atoms with Crippen LogP contribution in [0.5, 0.6) is 11.6 Å². The molecular weight excluding hydrogens is 462 g/mol. The number of aliphatic hydroxyl groups excluding tert-OH is 1. The molecule has 0 bridgehead atoms. The highest BCUT2D eigenvalue weighted by atomic mass is 35.5. The summed E-state index contributed by atoms with van der Waals surface area (Å²) in [5, 5.41) is 16.2. The van der Waals surface area contributed by atoms with Gasteiger partial charge in [0.1, 0.15) is 5.75 Å². The minimum atomic E-state index is -0.574. The Bertz CT molecular complexity index is 1110. The summed E-state index contributed by atoms with van der Waals surface area (Å²) in [6.45, 7) is 10.4. The zero-order valence-corrected chi connectivity index (χ0v) is 21.8. The third-order valence-corrected chi connectivity index (χ3v) is 6.16. The van der Waals surface area contributed by atoms with Gasteiger partial charge in [0.05, 0.1) is 35.3 Å². The van der Waals surface area contributed by atoms with Gasteiger partial charge in [0.2, 0.25) is 5.88 Å². The van der Waals surface area contributed by atoms with E-state index in [-0.39, 0.29) is 5.60 Å². The van der Waals surface area contributed by atoms with Crippen LogP contribution in [0.2, 0.25) is 5.02 Å². The minimum Gasteiger partial charge on any atom is -0.439 e. The molecule has 0 radical (unpaired) electrons. The smallest absolute Gasteiger partial charge is 0.227 e. The second-order valence-corrected chi connectivity index (χ2v) is 10.8. The summed E-state index contributed by atoms with van der Waals surface area (Å²) in [6, 6.07) is 17.3. The highest BCUT2D eigenvalue weighted by molar-refractivity contribution is 6.30. The molecule has 2 aromatic carbocycles. The Balaban J connectivity index is 1.63. The molecule has 1 fully saturated rings. The van der Waals surface area contributed by atoms with E-state index in [1.807, 2.05) is 87.0 Å². The molecule has 188 valence electrons. The van der Waals surface area contributed by atoms with Crippen LogP contribution in [0.3, 0.4) is 0 Å². The summed E-state index contributed by atoms with van der Waals surface area (Å²) in [7, 11) is 0. The van der Waals surface area contributed by atoms with Crippen LogP contribution in [0, 0.1) is 12.8 Å². The number of aryl methyl sites for hydroxylation is 1. The molecule has 1 aliphatic rings. The number of aliphatic hydroxyl groups is 1. The van der Waals surface area contributed by atoms with Gasteiger partial charge in [-0.25, -0.2) is 4.68 Å². The van der Waals surface area contributed by atoms with E-state index in [9.17, 15) is 5.11 Å². The number of hydrogen-bond acceptors (Lipinski definition) is 5. The molecule has 0 aliphatic heterocycles. The maximum absolute atomic E-state index is 10.7. The van der Waals surface area contributed by atoms with Crippen LogP contribution in [0.25, 0.3) is 5.69 Å². The van der Waals surface area contributed by atoms with Crippen LogP contribution in [0.15, 0.2) is 54.6 Å². The molecule has 1 atom stereocenters. The number of benzene rings is 2. The molecule has 7 heteroatoms. The molecular formula is C28H36ClN3O3. The zero-order valence-electron chi connectivity index (χ0n) is 21.1. The van der Waals surface area contributed by atoms with Crippen molar-refractivity contribution in [2.75, 3.05) is 19.7 Å². The molecule has 6 nitrogen and oxygen atoms in total. The predicted molar refractivity (Wildman–Crippen MR) is 140 cm³/mol. The highest BCUT2D eigenvalue weighted by Gasteiger charge is 2.28. The molecule has 1 aliphatic carbocycles. The Morgan fingerprint density at radius 1 is 1.14 bits per heavy atom. The van der Waals surface area contributed by atoms with Crippen LogP contribution in [-0.4, -0.2) is 51.2 Å². The fourth-order valence-electron chi connectivity index (χ4n) is 4.00. The maximum atomic E-state index is 10.7. The lowest BCUT2D eigenvalue weighted by molar-refractivity contribution is -0.0569. The monoisotopic (exact) mass is 497 g/mol. The van der Waals surface area contributed by atoms with Crippen molar-refractivity contribution in [1.29, 1.82) is 0 Å².